The zero-order valence-corrected chi connectivity index (χ0v) is 19.5. The molecule has 7 heteroatoms. The summed E-state index contributed by atoms with van der Waals surface area (Å²) in [5, 5.41) is 5.63. The standard InChI is InChI=1S/C25H34N6O/c1-4-6-13-22(32)29-14-16-30(17-15-29)24-21-18-26-31(20-11-8-7-9-12-20)25(21)28-23(27-24)19(3)10-5-2/h7-9,11-12,18-19H,4-6,10,13-17H2,1-3H3/t19-/m1/s1. The summed E-state index contributed by atoms with van der Waals surface area (Å²) in [6, 6.07) is 10.1. The van der Waals surface area contributed by atoms with E-state index in [1.54, 1.807) is 0 Å². The van der Waals surface area contributed by atoms with Gasteiger partial charge >= 0.3 is 0 Å². The Morgan fingerprint density at radius 3 is 2.47 bits per heavy atom. The van der Waals surface area contributed by atoms with Crippen LogP contribution in [0.1, 0.15) is 64.6 Å². The van der Waals surface area contributed by atoms with Gasteiger partial charge in [0.25, 0.3) is 0 Å². The van der Waals surface area contributed by atoms with E-state index in [0.29, 0.717) is 6.42 Å². The van der Waals surface area contributed by atoms with Crippen LogP contribution < -0.4 is 4.90 Å². The van der Waals surface area contributed by atoms with E-state index in [9.17, 15) is 4.79 Å². The molecule has 0 bridgehead atoms. The maximum Gasteiger partial charge on any atom is 0.222 e. The molecule has 1 amide bonds. The minimum atomic E-state index is 0.272. The zero-order chi connectivity index (χ0) is 22.5. The predicted molar refractivity (Wildman–Crippen MR) is 128 cm³/mol. The van der Waals surface area contributed by atoms with E-state index in [0.717, 1.165) is 80.2 Å². The minimum Gasteiger partial charge on any atom is -0.352 e. The summed E-state index contributed by atoms with van der Waals surface area (Å²) < 4.78 is 1.91. The van der Waals surface area contributed by atoms with Crippen LogP contribution in [-0.4, -0.2) is 56.7 Å². The second kappa shape index (κ2) is 10.1. The zero-order valence-electron chi connectivity index (χ0n) is 19.5. The van der Waals surface area contributed by atoms with Crippen molar-refractivity contribution in [3.05, 3.63) is 42.4 Å². The maximum atomic E-state index is 12.5. The van der Waals surface area contributed by atoms with E-state index in [1.807, 2.05) is 46.1 Å². The van der Waals surface area contributed by atoms with Crippen molar-refractivity contribution >= 4 is 22.8 Å². The molecule has 1 aliphatic heterocycles. The number of piperazine rings is 1. The van der Waals surface area contributed by atoms with Crippen molar-refractivity contribution in [1.29, 1.82) is 0 Å². The second-order valence-electron chi connectivity index (χ2n) is 8.70. The SMILES string of the molecule is CCCCC(=O)N1CCN(c2nc([C@H](C)CCC)nc3c2cnn3-c2ccccc2)CC1. The highest BCUT2D eigenvalue weighted by molar-refractivity contribution is 5.88. The van der Waals surface area contributed by atoms with E-state index in [2.05, 4.69) is 30.8 Å². The Kier molecular flexibility index (Phi) is 7.02. The van der Waals surface area contributed by atoms with E-state index >= 15 is 0 Å². The number of unbranched alkanes of at least 4 members (excludes halogenated alkanes) is 1. The molecule has 2 aromatic heterocycles. The van der Waals surface area contributed by atoms with Crippen LogP contribution in [0, 0.1) is 0 Å². The van der Waals surface area contributed by atoms with Crippen LogP contribution in [0.25, 0.3) is 16.7 Å². The third-order valence-electron chi connectivity index (χ3n) is 6.26. The number of anilines is 1. The lowest BCUT2D eigenvalue weighted by atomic mass is 10.1. The molecule has 7 nitrogen and oxygen atoms in total. The summed E-state index contributed by atoms with van der Waals surface area (Å²) in [5.41, 5.74) is 1.84. The summed E-state index contributed by atoms with van der Waals surface area (Å²) in [4.78, 5) is 26.7. The number of carbonyl (C=O) groups excluding carboxylic acids is 1. The van der Waals surface area contributed by atoms with Gasteiger partial charge in [-0.3, -0.25) is 4.79 Å². The number of benzene rings is 1. The molecular formula is C25H34N6O. The number of fused-ring (bicyclic) bond motifs is 1. The summed E-state index contributed by atoms with van der Waals surface area (Å²) in [6.07, 6.45) is 6.68. The summed E-state index contributed by atoms with van der Waals surface area (Å²) >= 11 is 0. The Hall–Kier alpha value is -2.96. The third-order valence-corrected chi connectivity index (χ3v) is 6.26. The number of carbonyl (C=O) groups is 1. The van der Waals surface area contributed by atoms with Crippen LogP contribution in [0.2, 0.25) is 0 Å². The molecule has 3 heterocycles. The molecule has 1 atom stereocenters. The maximum absolute atomic E-state index is 12.5. The second-order valence-corrected chi connectivity index (χ2v) is 8.70. The van der Waals surface area contributed by atoms with E-state index in [1.165, 1.54) is 0 Å². The Balaban J connectivity index is 1.66. The highest BCUT2D eigenvalue weighted by Gasteiger charge is 2.25. The first-order valence-corrected chi connectivity index (χ1v) is 12.0. The van der Waals surface area contributed by atoms with Crippen molar-refractivity contribution in [1.82, 2.24) is 24.6 Å². The van der Waals surface area contributed by atoms with Crippen molar-refractivity contribution in [2.75, 3.05) is 31.1 Å². The van der Waals surface area contributed by atoms with Crippen LogP contribution in [0.4, 0.5) is 5.82 Å². The molecule has 0 aliphatic carbocycles. The van der Waals surface area contributed by atoms with Gasteiger partial charge in [-0.05, 0) is 25.0 Å². The van der Waals surface area contributed by atoms with Crippen LogP contribution in [-0.2, 0) is 4.79 Å². The van der Waals surface area contributed by atoms with E-state index < -0.39 is 0 Å². The van der Waals surface area contributed by atoms with Gasteiger partial charge in [0.05, 0.1) is 17.3 Å². The van der Waals surface area contributed by atoms with Crippen LogP contribution >= 0.6 is 0 Å². The number of hydrogen-bond acceptors (Lipinski definition) is 5. The van der Waals surface area contributed by atoms with Gasteiger partial charge in [-0.25, -0.2) is 14.6 Å². The van der Waals surface area contributed by atoms with Gasteiger partial charge in [0.2, 0.25) is 5.91 Å². The van der Waals surface area contributed by atoms with Crippen LogP contribution in [0.5, 0.6) is 0 Å². The molecule has 4 rings (SSSR count). The van der Waals surface area contributed by atoms with Crippen molar-refractivity contribution in [2.24, 2.45) is 0 Å². The fraction of sp³-hybridized carbons (Fsp3) is 0.520. The average molecular weight is 435 g/mol. The smallest absolute Gasteiger partial charge is 0.222 e. The fourth-order valence-electron chi connectivity index (χ4n) is 4.35. The average Bonchev–Trinajstić information content (AvgIpc) is 3.27. The highest BCUT2D eigenvalue weighted by Crippen LogP contribution is 2.29. The summed E-state index contributed by atoms with van der Waals surface area (Å²) in [6.45, 7) is 9.55. The van der Waals surface area contributed by atoms with Crippen molar-refractivity contribution in [3.63, 3.8) is 0 Å². The lowest BCUT2D eigenvalue weighted by Gasteiger charge is -2.36. The number of hydrogen-bond donors (Lipinski definition) is 0. The molecule has 3 aromatic rings. The quantitative estimate of drug-likeness (QED) is 0.520. The van der Waals surface area contributed by atoms with Gasteiger partial charge in [-0.2, -0.15) is 5.10 Å². The fourth-order valence-corrected chi connectivity index (χ4v) is 4.35. The number of aromatic nitrogens is 4. The number of rotatable bonds is 8. The van der Waals surface area contributed by atoms with Crippen molar-refractivity contribution in [3.8, 4) is 5.69 Å². The molecule has 32 heavy (non-hydrogen) atoms. The molecule has 0 spiro atoms. The predicted octanol–water partition coefficient (Wildman–Crippen LogP) is 4.56. The van der Waals surface area contributed by atoms with E-state index in [4.69, 9.17) is 9.97 Å². The molecule has 1 saturated heterocycles. The van der Waals surface area contributed by atoms with E-state index in [-0.39, 0.29) is 11.8 Å². The molecule has 0 radical (unpaired) electrons. The molecule has 1 aromatic carbocycles. The molecule has 0 N–H and O–H groups in total. The summed E-state index contributed by atoms with van der Waals surface area (Å²) in [5.74, 6) is 2.36. The lowest BCUT2D eigenvalue weighted by molar-refractivity contribution is -0.131. The van der Waals surface area contributed by atoms with Crippen molar-refractivity contribution < 1.29 is 4.79 Å². The van der Waals surface area contributed by atoms with Gasteiger partial charge in [0.1, 0.15) is 11.6 Å². The first kappa shape index (κ1) is 22.2. The number of para-hydroxylation sites is 1. The minimum absolute atomic E-state index is 0.272. The van der Waals surface area contributed by atoms with Crippen LogP contribution in [0.3, 0.4) is 0 Å². The Morgan fingerprint density at radius 2 is 1.78 bits per heavy atom. The highest BCUT2D eigenvalue weighted by atomic mass is 16.2. The normalized spacial score (nSPS) is 15.3. The van der Waals surface area contributed by atoms with Gasteiger partial charge in [0.15, 0.2) is 5.65 Å². The number of nitrogens with zero attached hydrogens (tertiary/aromatic N) is 6. The largest absolute Gasteiger partial charge is 0.352 e. The molecule has 1 fully saturated rings. The molecule has 170 valence electrons. The first-order valence-electron chi connectivity index (χ1n) is 12.0. The van der Waals surface area contributed by atoms with Gasteiger partial charge in [-0.1, -0.05) is 51.8 Å². The molecule has 0 unspecified atom stereocenters. The van der Waals surface area contributed by atoms with Crippen molar-refractivity contribution in [2.45, 2.75) is 58.8 Å². The summed E-state index contributed by atoms with van der Waals surface area (Å²) in [7, 11) is 0. The third kappa shape index (κ3) is 4.61. The first-order chi connectivity index (χ1) is 15.6. The van der Waals surface area contributed by atoms with Gasteiger partial charge in [0, 0.05) is 38.5 Å². The lowest BCUT2D eigenvalue weighted by Crippen LogP contribution is -2.49. The van der Waals surface area contributed by atoms with Gasteiger partial charge < -0.3 is 9.80 Å². The molecular weight excluding hydrogens is 400 g/mol. The van der Waals surface area contributed by atoms with Crippen LogP contribution in [0.15, 0.2) is 36.5 Å². The Bertz CT molecular complexity index is 1040. The Labute approximate surface area is 190 Å². The Morgan fingerprint density at radius 1 is 1.03 bits per heavy atom. The molecule has 1 aliphatic rings. The number of amides is 1. The molecule has 0 saturated carbocycles. The van der Waals surface area contributed by atoms with Gasteiger partial charge in [-0.15, -0.1) is 0 Å². The topological polar surface area (TPSA) is 67.2 Å². The monoisotopic (exact) mass is 434 g/mol.